The second-order valence-electron chi connectivity index (χ2n) is 6.47. The van der Waals surface area contributed by atoms with E-state index >= 15 is 0 Å². The zero-order chi connectivity index (χ0) is 17.2. The van der Waals surface area contributed by atoms with Crippen molar-refractivity contribution >= 4 is 33.4 Å². The van der Waals surface area contributed by atoms with Crippen molar-refractivity contribution in [3.8, 4) is 0 Å². The number of hydrogen-bond acceptors (Lipinski definition) is 5. The lowest BCUT2D eigenvalue weighted by Crippen LogP contribution is -2.40. The number of halogens is 1. The van der Waals surface area contributed by atoms with Crippen LogP contribution in [0.25, 0.3) is 0 Å². The van der Waals surface area contributed by atoms with Crippen molar-refractivity contribution in [1.29, 1.82) is 0 Å². The number of alkyl carbamates (subject to hydrolysis) is 1. The van der Waals surface area contributed by atoms with Gasteiger partial charge in [0.15, 0.2) is 0 Å². The second kappa shape index (κ2) is 6.74. The normalized spacial score (nSPS) is 17.9. The molecule has 1 amide bonds. The molecule has 1 N–H and O–H groups in total. The topological polar surface area (TPSA) is 84.7 Å². The summed E-state index contributed by atoms with van der Waals surface area (Å²) in [5, 5.41) is 13.7. The van der Waals surface area contributed by atoms with Crippen LogP contribution in [0.1, 0.15) is 27.2 Å². The van der Waals surface area contributed by atoms with Crippen molar-refractivity contribution in [1.82, 2.24) is 5.32 Å². The first-order valence-corrected chi connectivity index (χ1v) is 8.13. The molecule has 1 fully saturated rings. The molecule has 0 aliphatic carbocycles. The Morgan fingerprint density at radius 3 is 2.74 bits per heavy atom. The molecule has 0 bridgehead atoms. The van der Waals surface area contributed by atoms with Gasteiger partial charge in [0.05, 0.1) is 15.4 Å². The zero-order valence-electron chi connectivity index (χ0n) is 13.3. The Morgan fingerprint density at radius 1 is 1.48 bits per heavy atom. The van der Waals surface area contributed by atoms with E-state index in [4.69, 9.17) is 4.74 Å². The molecular formula is C15H20BrN3O4. The summed E-state index contributed by atoms with van der Waals surface area (Å²) >= 11 is 3.23. The first-order valence-electron chi connectivity index (χ1n) is 7.34. The Balaban J connectivity index is 1.96. The maximum Gasteiger partial charge on any atom is 0.407 e. The van der Waals surface area contributed by atoms with E-state index in [0.717, 1.165) is 18.7 Å². The van der Waals surface area contributed by atoms with Gasteiger partial charge in [0, 0.05) is 24.8 Å². The molecule has 1 unspecified atom stereocenters. The molecular weight excluding hydrogens is 366 g/mol. The molecule has 1 aromatic carbocycles. The van der Waals surface area contributed by atoms with Crippen LogP contribution in [0.4, 0.5) is 16.2 Å². The van der Waals surface area contributed by atoms with Crippen molar-refractivity contribution in [2.45, 2.75) is 38.8 Å². The largest absolute Gasteiger partial charge is 0.444 e. The maximum atomic E-state index is 11.8. The van der Waals surface area contributed by atoms with Crippen LogP contribution in [0.2, 0.25) is 0 Å². The smallest absolute Gasteiger partial charge is 0.407 e. The number of hydrogen-bond donors (Lipinski definition) is 1. The van der Waals surface area contributed by atoms with Crippen molar-refractivity contribution in [2.75, 3.05) is 18.0 Å². The summed E-state index contributed by atoms with van der Waals surface area (Å²) in [5.74, 6) is 0. The van der Waals surface area contributed by atoms with Crippen LogP contribution >= 0.6 is 15.9 Å². The van der Waals surface area contributed by atoms with Gasteiger partial charge in [-0.2, -0.15) is 0 Å². The third kappa shape index (κ3) is 4.82. The molecule has 1 saturated heterocycles. The van der Waals surface area contributed by atoms with Gasteiger partial charge in [0.25, 0.3) is 5.69 Å². The number of nitro groups is 1. The number of anilines is 1. The SMILES string of the molecule is CC(C)(C)OC(=O)NC1CCN(c2ccc([N+](=O)[O-])c(Br)c2)C1. The second-order valence-corrected chi connectivity index (χ2v) is 7.33. The van der Waals surface area contributed by atoms with Crippen LogP contribution in [-0.4, -0.2) is 35.7 Å². The van der Waals surface area contributed by atoms with Crippen molar-refractivity contribution < 1.29 is 14.5 Å². The highest BCUT2D eigenvalue weighted by Gasteiger charge is 2.27. The third-order valence-corrected chi connectivity index (χ3v) is 4.04. The van der Waals surface area contributed by atoms with E-state index < -0.39 is 16.6 Å². The van der Waals surface area contributed by atoms with Crippen LogP contribution in [0.3, 0.4) is 0 Å². The minimum Gasteiger partial charge on any atom is -0.444 e. The van der Waals surface area contributed by atoms with Gasteiger partial charge in [-0.25, -0.2) is 4.79 Å². The molecule has 2 rings (SSSR count). The lowest BCUT2D eigenvalue weighted by molar-refractivity contribution is -0.385. The van der Waals surface area contributed by atoms with E-state index in [-0.39, 0.29) is 11.7 Å². The number of amides is 1. The minimum atomic E-state index is -0.522. The summed E-state index contributed by atoms with van der Waals surface area (Å²) in [6.07, 6.45) is 0.377. The first kappa shape index (κ1) is 17.5. The van der Waals surface area contributed by atoms with Crippen LogP contribution in [0, 0.1) is 10.1 Å². The third-order valence-electron chi connectivity index (χ3n) is 3.40. The van der Waals surface area contributed by atoms with E-state index in [1.165, 1.54) is 6.07 Å². The molecule has 1 aromatic rings. The highest BCUT2D eigenvalue weighted by Crippen LogP contribution is 2.31. The van der Waals surface area contributed by atoms with Crippen molar-refractivity contribution in [3.05, 3.63) is 32.8 Å². The number of nitrogens with one attached hydrogen (secondary N) is 1. The van der Waals surface area contributed by atoms with Gasteiger partial charge in [0.2, 0.25) is 0 Å². The fourth-order valence-electron chi connectivity index (χ4n) is 2.43. The van der Waals surface area contributed by atoms with Crippen LogP contribution < -0.4 is 10.2 Å². The molecule has 7 nitrogen and oxygen atoms in total. The summed E-state index contributed by atoms with van der Waals surface area (Å²) in [5.41, 5.74) is 0.401. The Bertz CT molecular complexity index is 615. The number of ether oxygens (including phenoxy) is 1. The lowest BCUT2D eigenvalue weighted by Gasteiger charge is -2.22. The van der Waals surface area contributed by atoms with Crippen LogP contribution in [-0.2, 0) is 4.74 Å². The Morgan fingerprint density at radius 2 is 2.17 bits per heavy atom. The number of nitro benzene ring substituents is 1. The monoisotopic (exact) mass is 385 g/mol. The Hall–Kier alpha value is -1.83. The van der Waals surface area contributed by atoms with Crippen LogP contribution in [0.5, 0.6) is 0 Å². The van der Waals surface area contributed by atoms with Crippen molar-refractivity contribution in [2.24, 2.45) is 0 Å². The summed E-state index contributed by atoms with van der Waals surface area (Å²) in [4.78, 5) is 24.3. The van der Waals surface area contributed by atoms with E-state index in [1.807, 2.05) is 20.8 Å². The highest BCUT2D eigenvalue weighted by atomic mass is 79.9. The number of rotatable bonds is 3. The van der Waals surface area contributed by atoms with Gasteiger partial charge in [0.1, 0.15) is 5.60 Å². The molecule has 0 saturated carbocycles. The van der Waals surface area contributed by atoms with Gasteiger partial charge in [-0.05, 0) is 55.3 Å². The van der Waals surface area contributed by atoms with Gasteiger partial charge in [-0.1, -0.05) is 0 Å². The van der Waals surface area contributed by atoms with Gasteiger partial charge < -0.3 is 15.0 Å². The number of carbonyl (C=O) groups excluding carboxylic acids is 1. The standard InChI is InChI=1S/C15H20BrN3O4/c1-15(2,3)23-14(20)17-10-6-7-18(9-10)11-4-5-13(19(21)22)12(16)8-11/h4-5,8,10H,6-7,9H2,1-3H3,(H,17,20). The lowest BCUT2D eigenvalue weighted by atomic mass is 10.2. The average Bonchev–Trinajstić information content (AvgIpc) is 2.84. The molecule has 1 aliphatic heterocycles. The fourth-order valence-corrected chi connectivity index (χ4v) is 2.94. The van der Waals surface area contributed by atoms with Crippen LogP contribution in [0.15, 0.2) is 22.7 Å². The van der Waals surface area contributed by atoms with Crippen molar-refractivity contribution in [3.63, 3.8) is 0 Å². The van der Waals surface area contributed by atoms with E-state index in [1.54, 1.807) is 12.1 Å². The molecule has 1 aliphatic rings. The summed E-state index contributed by atoms with van der Waals surface area (Å²) in [6.45, 7) is 6.88. The quantitative estimate of drug-likeness (QED) is 0.635. The zero-order valence-corrected chi connectivity index (χ0v) is 14.9. The van der Waals surface area contributed by atoms with E-state index in [0.29, 0.717) is 11.0 Å². The van der Waals surface area contributed by atoms with Gasteiger partial charge >= 0.3 is 6.09 Å². The summed E-state index contributed by atoms with van der Waals surface area (Å²) < 4.78 is 5.70. The molecule has 0 aromatic heterocycles. The summed E-state index contributed by atoms with van der Waals surface area (Å²) in [7, 11) is 0. The Kier molecular flexibility index (Phi) is 5.13. The fraction of sp³-hybridized carbons (Fsp3) is 0.533. The predicted molar refractivity (Wildman–Crippen MR) is 90.8 cm³/mol. The van der Waals surface area contributed by atoms with E-state index in [2.05, 4.69) is 26.1 Å². The molecule has 8 heteroatoms. The molecule has 1 heterocycles. The maximum absolute atomic E-state index is 11.8. The predicted octanol–water partition coefficient (Wildman–Crippen LogP) is 3.46. The molecule has 23 heavy (non-hydrogen) atoms. The van der Waals surface area contributed by atoms with Gasteiger partial charge in [-0.3, -0.25) is 10.1 Å². The average molecular weight is 386 g/mol. The molecule has 1 atom stereocenters. The number of nitrogens with zero attached hydrogens (tertiary/aromatic N) is 2. The minimum absolute atomic E-state index is 0.00109. The first-order chi connectivity index (χ1) is 10.7. The Labute approximate surface area is 143 Å². The highest BCUT2D eigenvalue weighted by molar-refractivity contribution is 9.10. The molecule has 0 radical (unpaired) electrons. The van der Waals surface area contributed by atoms with E-state index in [9.17, 15) is 14.9 Å². The van der Waals surface area contributed by atoms with Gasteiger partial charge in [-0.15, -0.1) is 0 Å². The number of carbonyl (C=O) groups is 1. The summed E-state index contributed by atoms with van der Waals surface area (Å²) in [6, 6.07) is 4.93. The number of benzene rings is 1. The molecule has 126 valence electrons. The molecule has 0 spiro atoms.